The van der Waals surface area contributed by atoms with E-state index in [2.05, 4.69) is 20.6 Å². The van der Waals surface area contributed by atoms with Crippen LogP contribution in [-0.4, -0.2) is 35.1 Å². The maximum Gasteiger partial charge on any atom is 0.416 e. The number of guanidine groups is 1. The molecular weight excluding hydrogens is 460 g/mol. The van der Waals surface area contributed by atoms with Crippen LogP contribution < -0.4 is 16.0 Å². The standard InChI is InChI=1S/C18H15Cl2F3N6O2/c1-9(27-16(31)10-4-11(18(21,22)23)6-13(20)5-10)15(29-17(24)26-8-30)28-14-3-2-12(19)7-25-14/h2-9H,1H3,(H,27,31)(H3,24,25,26,28,29,30). The van der Waals surface area contributed by atoms with Crippen molar-refractivity contribution in [2.24, 2.45) is 4.99 Å². The molecule has 0 aliphatic carbocycles. The van der Waals surface area contributed by atoms with Crippen molar-refractivity contribution in [2.45, 2.75) is 19.1 Å². The second-order valence-corrected chi connectivity index (χ2v) is 6.89. The van der Waals surface area contributed by atoms with E-state index >= 15 is 0 Å². The fraction of sp³-hybridized carbons (Fsp3) is 0.167. The molecule has 8 nitrogen and oxygen atoms in total. The molecule has 0 radical (unpaired) electrons. The van der Waals surface area contributed by atoms with Gasteiger partial charge in [-0.05, 0) is 37.3 Å². The molecule has 0 saturated heterocycles. The predicted octanol–water partition coefficient (Wildman–Crippen LogP) is 3.72. The molecule has 1 aromatic heterocycles. The van der Waals surface area contributed by atoms with E-state index in [4.69, 9.17) is 28.6 Å². The molecule has 2 rings (SSSR count). The number of aliphatic imine (C=N–C) groups is 1. The smallest absolute Gasteiger partial charge is 0.342 e. The molecule has 1 aromatic carbocycles. The van der Waals surface area contributed by atoms with Crippen molar-refractivity contribution < 1.29 is 22.8 Å². The molecule has 13 heteroatoms. The summed E-state index contributed by atoms with van der Waals surface area (Å²) >= 11 is 11.5. The van der Waals surface area contributed by atoms with Gasteiger partial charge in [-0.15, -0.1) is 0 Å². The summed E-state index contributed by atoms with van der Waals surface area (Å²) in [4.78, 5) is 30.9. The molecule has 1 heterocycles. The van der Waals surface area contributed by atoms with Crippen LogP contribution in [0.2, 0.25) is 10.0 Å². The largest absolute Gasteiger partial charge is 0.416 e. The number of pyridine rings is 1. The van der Waals surface area contributed by atoms with Gasteiger partial charge < -0.3 is 10.6 Å². The number of anilines is 1. The van der Waals surface area contributed by atoms with E-state index in [-0.39, 0.29) is 28.6 Å². The molecule has 4 N–H and O–H groups in total. The summed E-state index contributed by atoms with van der Waals surface area (Å²) in [7, 11) is 0. The molecule has 1 atom stereocenters. The maximum absolute atomic E-state index is 13.0. The van der Waals surface area contributed by atoms with Crippen LogP contribution in [-0.2, 0) is 11.0 Å². The van der Waals surface area contributed by atoms with E-state index in [1.807, 2.05) is 5.32 Å². The van der Waals surface area contributed by atoms with Crippen LogP contribution in [0.3, 0.4) is 0 Å². The number of nitrogens with zero attached hydrogens (tertiary/aromatic N) is 2. The Labute approximate surface area is 184 Å². The first-order chi connectivity index (χ1) is 14.5. The Hall–Kier alpha value is -3.18. The van der Waals surface area contributed by atoms with Crippen LogP contribution in [0.25, 0.3) is 0 Å². The molecule has 0 aliphatic rings. The minimum atomic E-state index is -4.68. The Morgan fingerprint density at radius 1 is 1.23 bits per heavy atom. The Morgan fingerprint density at radius 2 is 1.94 bits per heavy atom. The van der Waals surface area contributed by atoms with Crippen LogP contribution in [0.1, 0.15) is 22.8 Å². The van der Waals surface area contributed by atoms with Crippen molar-refractivity contribution in [3.05, 3.63) is 57.7 Å². The van der Waals surface area contributed by atoms with Gasteiger partial charge in [0, 0.05) is 16.8 Å². The lowest BCUT2D eigenvalue weighted by Gasteiger charge is -2.18. The third-order valence-corrected chi connectivity index (χ3v) is 4.10. The van der Waals surface area contributed by atoms with Gasteiger partial charge in [0.05, 0.1) is 16.6 Å². The zero-order chi connectivity index (χ0) is 23.2. The molecule has 31 heavy (non-hydrogen) atoms. The van der Waals surface area contributed by atoms with Crippen molar-refractivity contribution in [3.63, 3.8) is 0 Å². The highest BCUT2D eigenvalue weighted by Crippen LogP contribution is 2.31. The molecular formula is C18H15Cl2F3N6O2. The van der Waals surface area contributed by atoms with Crippen molar-refractivity contribution in [3.8, 4) is 0 Å². The highest BCUT2D eigenvalue weighted by Gasteiger charge is 2.32. The lowest BCUT2D eigenvalue weighted by atomic mass is 10.1. The Kier molecular flexibility index (Phi) is 7.95. The number of rotatable bonds is 5. The summed E-state index contributed by atoms with van der Waals surface area (Å²) in [6.07, 6.45) is -3.11. The van der Waals surface area contributed by atoms with Gasteiger partial charge in [-0.1, -0.05) is 23.2 Å². The van der Waals surface area contributed by atoms with E-state index in [0.29, 0.717) is 17.2 Å². The molecule has 2 amide bonds. The third-order valence-electron chi connectivity index (χ3n) is 3.66. The third kappa shape index (κ3) is 7.23. The first kappa shape index (κ1) is 24.1. The number of carbonyl (C=O) groups excluding carboxylic acids is 2. The average Bonchev–Trinajstić information content (AvgIpc) is 2.68. The SMILES string of the molecule is CC(NC(=O)c1cc(Cl)cc(C(F)(F)F)c1)/C(=N/C(=N)NC=O)Nc1ccc(Cl)cn1. The summed E-state index contributed by atoms with van der Waals surface area (Å²) < 4.78 is 39.0. The number of aromatic nitrogens is 1. The van der Waals surface area contributed by atoms with Gasteiger partial charge in [-0.25, -0.2) is 4.98 Å². The molecule has 1 unspecified atom stereocenters. The topological polar surface area (TPSA) is 119 Å². The molecule has 0 spiro atoms. The van der Waals surface area contributed by atoms with Gasteiger partial charge in [-0.2, -0.15) is 18.2 Å². The molecule has 164 valence electrons. The first-order valence-corrected chi connectivity index (χ1v) is 9.19. The van der Waals surface area contributed by atoms with Gasteiger partial charge in [0.2, 0.25) is 12.4 Å². The number of halogens is 5. The zero-order valence-corrected chi connectivity index (χ0v) is 17.2. The van der Waals surface area contributed by atoms with E-state index in [0.717, 1.165) is 6.07 Å². The number of carbonyl (C=O) groups is 2. The van der Waals surface area contributed by atoms with Crippen molar-refractivity contribution in [2.75, 3.05) is 5.32 Å². The Morgan fingerprint density at radius 3 is 2.52 bits per heavy atom. The Bertz CT molecular complexity index is 1010. The van der Waals surface area contributed by atoms with E-state index in [1.165, 1.54) is 25.3 Å². The van der Waals surface area contributed by atoms with Crippen molar-refractivity contribution in [1.82, 2.24) is 15.6 Å². The lowest BCUT2D eigenvalue weighted by molar-refractivity contribution is -0.137. The van der Waals surface area contributed by atoms with Crippen LogP contribution in [0.4, 0.5) is 19.0 Å². The summed E-state index contributed by atoms with van der Waals surface area (Å²) in [5.41, 5.74) is -1.40. The number of amides is 2. The number of hydrogen-bond acceptors (Lipinski definition) is 4. The second kappa shape index (κ2) is 10.2. The number of alkyl halides is 3. The highest BCUT2D eigenvalue weighted by atomic mass is 35.5. The number of nitrogens with one attached hydrogen (secondary N) is 4. The summed E-state index contributed by atoms with van der Waals surface area (Å²) in [6, 6.07) is 4.53. The number of hydrogen-bond donors (Lipinski definition) is 4. The highest BCUT2D eigenvalue weighted by molar-refractivity contribution is 6.31. The minimum absolute atomic E-state index is 0.0272. The molecule has 0 aliphatic heterocycles. The first-order valence-electron chi connectivity index (χ1n) is 8.44. The van der Waals surface area contributed by atoms with Gasteiger partial charge >= 0.3 is 6.18 Å². The van der Waals surface area contributed by atoms with Gasteiger partial charge in [0.25, 0.3) is 5.91 Å². The fourth-order valence-electron chi connectivity index (χ4n) is 2.26. The summed E-state index contributed by atoms with van der Waals surface area (Å²) in [6.45, 7) is 1.46. The maximum atomic E-state index is 13.0. The fourth-order valence-corrected chi connectivity index (χ4v) is 2.60. The van der Waals surface area contributed by atoms with Gasteiger partial charge in [0.1, 0.15) is 11.7 Å². The summed E-state index contributed by atoms with van der Waals surface area (Å²) in [5, 5.41) is 15.0. The average molecular weight is 475 g/mol. The normalized spacial score (nSPS) is 12.6. The summed E-state index contributed by atoms with van der Waals surface area (Å²) in [5.74, 6) is -1.19. The molecule has 2 aromatic rings. The van der Waals surface area contributed by atoms with Crippen LogP contribution in [0, 0.1) is 5.41 Å². The van der Waals surface area contributed by atoms with Gasteiger partial charge in [0.15, 0.2) is 0 Å². The van der Waals surface area contributed by atoms with Gasteiger partial charge in [-0.3, -0.25) is 20.3 Å². The number of benzene rings is 1. The lowest BCUT2D eigenvalue weighted by Crippen LogP contribution is -2.43. The van der Waals surface area contributed by atoms with Crippen molar-refractivity contribution >= 4 is 53.1 Å². The molecule has 0 bridgehead atoms. The number of amidine groups is 1. The van der Waals surface area contributed by atoms with Crippen molar-refractivity contribution in [1.29, 1.82) is 5.41 Å². The van der Waals surface area contributed by atoms with Crippen LogP contribution >= 0.6 is 23.2 Å². The van der Waals surface area contributed by atoms with Crippen LogP contribution in [0.5, 0.6) is 0 Å². The molecule has 0 saturated carbocycles. The predicted molar refractivity (Wildman–Crippen MR) is 111 cm³/mol. The van der Waals surface area contributed by atoms with Crippen LogP contribution in [0.15, 0.2) is 41.5 Å². The molecule has 0 fully saturated rings. The minimum Gasteiger partial charge on any atom is -0.342 e. The Balaban J connectivity index is 2.28. The zero-order valence-electron chi connectivity index (χ0n) is 15.7. The van der Waals surface area contributed by atoms with E-state index < -0.39 is 29.6 Å². The monoisotopic (exact) mass is 474 g/mol. The quantitative estimate of drug-likeness (QED) is 0.300. The van der Waals surface area contributed by atoms with E-state index in [9.17, 15) is 22.8 Å². The second-order valence-electron chi connectivity index (χ2n) is 6.02. The van der Waals surface area contributed by atoms with E-state index in [1.54, 1.807) is 0 Å².